The molecule has 29 heavy (non-hydrogen) atoms. The molecule has 1 atom stereocenters. The Kier molecular flexibility index (Phi) is 9.49. The monoisotopic (exact) mass is 434 g/mol. The standard InChI is InChI=1S/C23H28Cl2N2O2/c1-3-8-22(28)27(16-18-11-12-19(24)20(25)14-18)21(23(29)26-13-4-2)15-17-9-6-5-7-10-17/h5-7,9-12,14,21H,3-4,8,13,15-16H2,1-2H3,(H,26,29)/t21-/m0/s1. The number of carbonyl (C=O) groups excluding carboxylic acids is 2. The minimum Gasteiger partial charge on any atom is -0.354 e. The van der Waals surface area contributed by atoms with Crippen molar-refractivity contribution >= 4 is 35.0 Å². The van der Waals surface area contributed by atoms with Crippen LogP contribution in [0.25, 0.3) is 0 Å². The summed E-state index contributed by atoms with van der Waals surface area (Å²) in [6, 6.07) is 14.5. The summed E-state index contributed by atoms with van der Waals surface area (Å²) in [5.74, 6) is -0.189. The second-order valence-electron chi connectivity index (χ2n) is 7.02. The molecular weight excluding hydrogens is 407 g/mol. The van der Waals surface area contributed by atoms with Crippen LogP contribution in [0, 0.1) is 0 Å². The summed E-state index contributed by atoms with van der Waals surface area (Å²) >= 11 is 12.2. The van der Waals surface area contributed by atoms with Crippen LogP contribution in [0.4, 0.5) is 0 Å². The van der Waals surface area contributed by atoms with Crippen molar-refractivity contribution in [1.82, 2.24) is 10.2 Å². The lowest BCUT2D eigenvalue weighted by Crippen LogP contribution is -2.50. The molecule has 0 aliphatic heterocycles. The summed E-state index contributed by atoms with van der Waals surface area (Å²) in [5.41, 5.74) is 1.85. The van der Waals surface area contributed by atoms with Crippen LogP contribution in [0.2, 0.25) is 10.0 Å². The van der Waals surface area contributed by atoms with E-state index < -0.39 is 6.04 Å². The fourth-order valence-electron chi connectivity index (χ4n) is 3.11. The van der Waals surface area contributed by atoms with Crippen molar-refractivity contribution in [2.24, 2.45) is 0 Å². The van der Waals surface area contributed by atoms with E-state index in [2.05, 4.69) is 5.32 Å². The number of carbonyl (C=O) groups is 2. The Labute approximate surface area is 183 Å². The number of amides is 2. The molecule has 2 rings (SSSR count). The first kappa shape index (κ1) is 23.2. The average molecular weight is 435 g/mol. The third kappa shape index (κ3) is 7.06. The third-order valence-corrected chi connectivity index (χ3v) is 5.36. The molecule has 0 bridgehead atoms. The summed E-state index contributed by atoms with van der Waals surface area (Å²) in [4.78, 5) is 27.7. The van der Waals surface area contributed by atoms with Crippen LogP contribution >= 0.6 is 23.2 Å². The van der Waals surface area contributed by atoms with Gasteiger partial charge in [-0.05, 0) is 36.1 Å². The molecule has 4 nitrogen and oxygen atoms in total. The van der Waals surface area contributed by atoms with Crippen LogP contribution in [0.15, 0.2) is 48.5 Å². The van der Waals surface area contributed by atoms with Gasteiger partial charge in [0.2, 0.25) is 11.8 Å². The van der Waals surface area contributed by atoms with Crippen LogP contribution in [0.1, 0.15) is 44.2 Å². The summed E-state index contributed by atoms with van der Waals surface area (Å²) in [5, 5.41) is 3.85. The van der Waals surface area contributed by atoms with Crippen LogP contribution in [0.3, 0.4) is 0 Å². The highest BCUT2D eigenvalue weighted by atomic mass is 35.5. The molecule has 2 aromatic rings. The Morgan fingerprint density at radius 1 is 0.966 bits per heavy atom. The molecule has 0 fully saturated rings. The fraction of sp³-hybridized carbons (Fsp3) is 0.391. The van der Waals surface area contributed by atoms with Gasteiger partial charge in [-0.15, -0.1) is 0 Å². The van der Waals surface area contributed by atoms with Crippen molar-refractivity contribution in [2.75, 3.05) is 6.54 Å². The molecule has 156 valence electrons. The number of nitrogens with zero attached hydrogens (tertiary/aromatic N) is 1. The Bertz CT molecular complexity index is 812. The molecule has 0 saturated carbocycles. The summed E-state index contributed by atoms with van der Waals surface area (Å²) in [7, 11) is 0. The van der Waals surface area contributed by atoms with Gasteiger partial charge in [0.25, 0.3) is 0 Å². The lowest BCUT2D eigenvalue weighted by molar-refractivity contribution is -0.141. The Balaban J connectivity index is 2.36. The Morgan fingerprint density at radius 3 is 2.31 bits per heavy atom. The van der Waals surface area contributed by atoms with E-state index in [1.807, 2.05) is 50.2 Å². The van der Waals surface area contributed by atoms with Gasteiger partial charge in [0.05, 0.1) is 10.0 Å². The predicted molar refractivity (Wildman–Crippen MR) is 119 cm³/mol. The number of hydrogen-bond donors (Lipinski definition) is 1. The van der Waals surface area contributed by atoms with Crippen molar-refractivity contribution in [3.05, 3.63) is 69.7 Å². The second kappa shape index (κ2) is 11.8. The zero-order chi connectivity index (χ0) is 21.2. The molecule has 0 radical (unpaired) electrons. The maximum atomic E-state index is 13.0. The van der Waals surface area contributed by atoms with E-state index in [1.165, 1.54) is 0 Å². The zero-order valence-corrected chi connectivity index (χ0v) is 18.5. The van der Waals surface area contributed by atoms with Crippen molar-refractivity contribution < 1.29 is 9.59 Å². The number of rotatable bonds is 10. The van der Waals surface area contributed by atoms with Crippen LogP contribution in [-0.4, -0.2) is 29.3 Å². The van der Waals surface area contributed by atoms with Gasteiger partial charge in [-0.3, -0.25) is 9.59 Å². The van der Waals surface area contributed by atoms with Crippen LogP contribution in [0.5, 0.6) is 0 Å². The van der Waals surface area contributed by atoms with E-state index >= 15 is 0 Å². The van der Waals surface area contributed by atoms with Gasteiger partial charge in [-0.2, -0.15) is 0 Å². The minimum absolute atomic E-state index is 0.0499. The largest absolute Gasteiger partial charge is 0.354 e. The average Bonchev–Trinajstić information content (AvgIpc) is 2.72. The number of nitrogens with one attached hydrogen (secondary N) is 1. The normalized spacial score (nSPS) is 11.7. The highest BCUT2D eigenvalue weighted by Gasteiger charge is 2.29. The summed E-state index contributed by atoms with van der Waals surface area (Å²) in [6.07, 6.45) is 2.38. The topological polar surface area (TPSA) is 49.4 Å². The molecule has 6 heteroatoms. The molecule has 0 aliphatic rings. The molecule has 2 amide bonds. The zero-order valence-electron chi connectivity index (χ0n) is 17.0. The third-order valence-electron chi connectivity index (χ3n) is 4.62. The van der Waals surface area contributed by atoms with Crippen LogP contribution < -0.4 is 5.32 Å². The molecule has 0 aliphatic carbocycles. The van der Waals surface area contributed by atoms with Gasteiger partial charge in [0, 0.05) is 25.9 Å². The first-order valence-corrected chi connectivity index (χ1v) is 10.8. The molecule has 0 unspecified atom stereocenters. The van der Waals surface area contributed by atoms with Gasteiger partial charge in [0.1, 0.15) is 6.04 Å². The summed E-state index contributed by atoms with van der Waals surface area (Å²) in [6.45, 7) is 4.83. The SMILES string of the molecule is CCCNC(=O)[C@H](Cc1ccccc1)N(Cc1ccc(Cl)c(Cl)c1)C(=O)CCC. The quantitative estimate of drug-likeness (QED) is 0.554. The Hall–Kier alpha value is -2.04. The van der Waals surface area contributed by atoms with Crippen molar-refractivity contribution in [2.45, 2.75) is 52.1 Å². The predicted octanol–water partition coefficient (Wildman–Crippen LogP) is 5.26. The van der Waals surface area contributed by atoms with E-state index in [0.717, 1.165) is 17.5 Å². The maximum Gasteiger partial charge on any atom is 0.243 e. The lowest BCUT2D eigenvalue weighted by atomic mass is 10.0. The highest BCUT2D eigenvalue weighted by Crippen LogP contribution is 2.24. The molecule has 1 N–H and O–H groups in total. The van der Waals surface area contributed by atoms with Gasteiger partial charge >= 0.3 is 0 Å². The number of hydrogen-bond acceptors (Lipinski definition) is 2. The van der Waals surface area contributed by atoms with Gasteiger partial charge in [0.15, 0.2) is 0 Å². The first-order valence-electron chi connectivity index (χ1n) is 10.0. The number of benzene rings is 2. The lowest BCUT2D eigenvalue weighted by Gasteiger charge is -2.31. The van der Waals surface area contributed by atoms with Crippen LogP contribution in [-0.2, 0) is 22.6 Å². The maximum absolute atomic E-state index is 13.0. The number of halogens is 2. The smallest absolute Gasteiger partial charge is 0.243 e. The van der Waals surface area contributed by atoms with Crippen molar-refractivity contribution in [3.8, 4) is 0 Å². The van der Waals surface area contributed by atoms with Crippen molar-refractivity contribution in [3.63, 3.8) is 0 Å². The van der Waals surface area contributed by atoms with Gasteiger partial charge < -0.3 is 10.2 Å². The summed E-state index contributed by atoms with van der Waals surface area (Å²) < 4.78 is 0. The van der Waals surface area contributed by atoms with E-state index in [-0.39, 0.29) is 11.8 Å². The molecule has 2 aromatic carbocycles. The second-order valence-corrected chi connectivity index (χ2v) is 7.83. The van der Waals surface area contributed by atoms with Gasteiger partial charge in [-0.1, -0.05) is 73.4 Å². The molecule has 0 heterocycles. The molecule has 0 aromatic heterocycles. The first-order chi connectivity index (χ1) is 14.0. The van der Waals surface area contributed by atoms with E-state index in [0.29, 0.717) is 42.4 Å². The molecular formula is C23H28Cl2N2O2. The van der Waals surface area contributed by atoms with Crippen molar-refractivity contribution in [1.29, 1.82) is 0 Å². The Morgan fingerprint density at radius 2 is 1.69 bits per heavy atom. The van der Waals surface area contributed by atoms with E-state index in [9.17, 15) is 9.59 Å². The minimum atomic E-state index is -0.600. The molecule has 0 spiro atoms. The fourth-order valence-corrected chi connectivity index (χ4v) is 3.43. The van der Waals surface area contributed by atoms with Gasteiger partial charge in [-0.25, -0.2) is 0 Å². The highest BCUT2D eigenvalue weighted by molar-refractivity contribution is 6.42. The van der Waals surface area contributed by atoms with E-state index in [1.54, 1.807) is 17.0 Å². The molecule has 0 saturated heterocycles. The van der Waals surface area contributed by atoms with E-state index in [4.69, 9.17) is 23.2 Å².